The number of hydrogen-bond donors (Lipinski definition) is 1. The summed E-state index contributed by atoms with van der Waals surface area (Å²) < 4.78 is 11.1. The summed E-state index contributed by atoms with van der Waals surface area (Å²) in [5.41, 5.74) is 5.64. The molecule has 0 aliphatic carbocycles. The smallest absolute Gasteiger partial charge is 0.259 e. The molecule has 166 valence electrons. The van der Waals surface area contributed by atoms with Gasteiger partial charge in [-0.05, 0) is 56.4 Å². The normalized spacial score (nSPS) is 13.8. The molecule has 0 amide bonds. The van der Waals surface area contributed by atoms with Crippen LogP contribution in [0.3, 0.4) is 0 Å². The zero-order valence-corrected chi connectivity index (χ0v) is 18.6. The number of aliphatic hydroxyl groups is 1. The molecule has 1 N–H and O–H groups in total. The van der Waals surface area contributed by atoms with Crippen LogP contribution in [0.5, 0.6) is 5.88 Å². The zero-order valence-electron chi connectivity index (χ0n) is 18.6. The Morgan fingerprint density at radius 1 is 1.34 bits per heavy atom. The number of nitrogens with zero attached hydrogens (tertiary/aromatic N) is 5. The largest absolute Gasteiger partial charge is 0.474 e. The van der Waals surface area contributed by atoms with Gasteiger partial charge >= 0.3 is 0 Å². The number of aromatic nitrogens is 3. The van der Waals surface area contributed by atoms with Gasteiger partial charge in [0.25, 0.3) is 5.89 Å². The van der Waals surface area contributed by atoms with Crippen LogP contribution in [0.15, 0.2) is 28.9 Å². The topological polar surface area (TPSA) is 108 Å². The first kappa shape index (κ1) is 21.9. The van der Waals surface area contributed by atoms with Crippen LogP contribution in [0.4, 0.5) is 0 Å². The SMILES string of the molecule is Cc1c(-c2noc(-c3cnc(OC(C)C)c(C#N)c3)n2)ccc2c1CCN(CCCO)C2. The van der Waals surface area contributed by atoms with Crippen molar-refractivity contribution >= 4 is 0 Å². The number of ether oxygens (including phenoxy) is 1. The molecule has 8 heteroatoms. The Balaban J connectivity index is 1.59. The van der Waals surface area contributed by atoms with Gasteiger partial charge in [-0.25, -0.2) is 4.98 Å². The number of pyridine rings is 1. The lowest BCUT2D eigenvalue weighted by atomic mass is 9.91. The Hall–Kier alpha value is -3.28. The number of fused-ring (bicyclic) bond motifs is 1. The van der Waals surface area contributed by atoms with Gasteiger partial charge in [0.1, 0.15) is 11.6 Å². The Bertz CT molecular complexity index is 1150. The lowest BCUT2D eigenvalue weighted by molar-refractivity contribution is 0.212. The van der Waals surface area contributed by atoms with E-state index in [2.05, 4.69) is 39.1 Å². The fourth-order valence-corrected chi connectivity index (χ4v) is 4.04. The summed E-state index contributed by atoms with van der Waals surface area (Å²) in [4.78, 5) is 11.2. The van der Waals surface area contributed by atoms with Crippen LogP contribution in [0.25, 0.3) is 22.8 Å². The van der Waals surface area contributed by atoms with E-state index in [1.807, 2.05) is 19.9 Å². The van der Waals surface area contributed by atoms with Gasteiger partial charge in [0.2, 0.25) is 11.7 Å². The molecular formula is C24H27N5O3. The molecule has 1 aliphatic heterocycles. The van der Waals surface area contributed by atoms with Gasteiger partial charge in [-0.1, -0.05) is 17.3 Å². The quantitative estimate of drug-likeness (QED) is 0.603. The monoisotopic (exact) mass is 433 g/mol. The molecule has 0 saturated heterocycles. The first-order valence-corrected chi connectivity index (χ1v) is 10.9. The minimum Gasteiger partial charge on any atom is -0.474 e. The summed E-state index contributed by atoms with van der Waals surface area (Å²) in [6.07, 6.45) is 3.25. The second-order valence-corrected chi connectivity index (χ2v) is 8.26. The van der Waals surface area contributed by atoms with E-state index >= 15 is 0 Å². The molecule has 2 aromatic heterocycles. The molecule has 0 bridgehead atoms. The summed E-state index contributed by atoms with van der Waals surface area (Å²) in [6.45, 7) is 8.86. The number of aliphatic hydroxyl groups excluding tert-OH is 1. The van der Waals surface area contributed by atoms with E-state index in [1.165, 1.54) is 11.1 Å². The van der Waals surface area contributed by atoms with Crippen LogP contribution in [-0.4, -0.2) is 50.9 Å². The van der Waals surface area contributed by atoms with Crippen LogP contribution in [0.1, 0.15) is 42.5 Å². The predicted octanol–water partition coefficient (Wildman–Crippen LogP) is 3.51. The van der Waals surface area contributed by atoms with Crippen molar-refractivity contribution in [1.82, 2.24) is 20.0 Å². The Morgan fingerprint density at radius 2 is 2.19 bits per heavy atom. The lowest BCUT2D eigenvalue weighted by Crippen LogP contribution is -2.32. The van der Waals surface area contributed by atoms with Crippen LogP contribution in [0.2, 0.25) is 0 Å². The van der Waals surface area contributed by atoms with Gasteiger partial charge in [-0.2, -0.15) is 10.2 Å². The van der Waals surface area contributed by atoms with E-state index in [0.717, 1.165) is 43.6 Å². The van der Waals surface area contributed by atoms with Crippen molar-refractivity contribution in [2.75, 3.05) is 19.7 Å². The van der Waals surface area contributed by atoms with Crippen molar-refractivity contribution in [2.24, 2.45) is 0 Å². The summed E-state index contributed by atoms with van der Waals surface area (Å²) in [7, 11) is 0. The second kappa shape index (κ2) is 9.47. The molecule has 1 aromatic carbocycles. The molecule has 0 spiro atoms. The third kappa shape index (κ3) is 4.49. The van der Waals surface area contributed by atoms with Gasteiger partial charge in [0.05, 0.1) is 11.7 Å². The summed E-state index contributed by atoms with van der Waals surface area (Å²) in [6, 6.07) is 7.94. The molecule has 0 atom stereocenters. The molecule has 32 heavy (non-hydrogen) atoms. The van der Waals surface area contributed by atoms with Crippen molar-refractivity contribution in [3.05, 3.63) is 46.6 Å². The van der Waals surface area contributed by atoms with E-state index in [0.29, 0.717) is 28.7 Å². The average Bonchev–Trinajstić information content (AvgIpc) is 3.27. The fraction of sp³-hybridized carbons (Fsp3) is 0.417. The second-order valence-electron chi connectivity index (χ2n) is 8.26. The molecule has 8 nitrogen and oxygen atoms in total. The first-order valence-electron chi connectivity index (χ1n) is 10.9. The highest BCUT2D eigenvalue weighted by Crippen LogP contribution is 2.31. The molecule has 0 saturated carbocycles. The molecule has 4 rings (SSSR count). The molecule has 3 aromatic rings. The van der Waals surface area contributed by atoms with Crippen molar-refractivity contribution in [3.8, 4) is 34.8 Å². The van der Waals surface area contributed by atoms with Gasteiger partial charge in [0, 0.05) is 38.0 Å². The average molecular weight is 434 g/mol. The van der Waals surface area contributed by atoms with Crippen molar-refractivity contribution in [2.45, 2.75) is 46.3 Å². The summed E-state index contributed by atoms with van der Waals surface area (Å²) in [5, 5.41) is 22.7. The fourth-order valence-electron chi connectivity index (χ4n) is 4.04. The van der Waals surface area contributed by atoms with Gasteiger partial charge in [0.15, 0.2) is 0 Å². The van der Waals surface area contributed by atoms with E-state index < -0.39 is 0 Å². The van der Waals surface area contributed by atoms with Gasteiger partial charge in [-0.3, -0.25) is 4.90 Å². The van der Waals surface area contributed by atoms with E-state index in [1.54, 1.807) is 12.3 Å². The molecule has 3 heterocycles. The molecule has 1 aliphatic rings. The number of hydrogen-bond acceptors (Lipinski definition) is 8. The highest BCUT2D eigenvalue weighted by molar-refractivity contribution is 5.66. The van der Waals surface area contributed by atoms with Crippen LogP contribution < -0.4 is 4.74 Å². The Morgan fingerprint density at radius 3 is 2.94 bits per heavy atom. The Kier molecular flexibility index (Phi) is 6.49. The summed E-state index contributed by atoms with van der Waals surface area (Å²) in [5.74, 6) is 1.13. The van der Waals surface area contributed by atoms with Gasteiger partial charge in [-0.15, -0.1) is 0 Å². The predicted molar refractivity (Wildman–Crippen MR) is 119 cm³/mol. The molecular weight excluding hydrogens is 406 g/mol. The summed E-state index contributed by atoms with van der Waals surface area (Å²) >= 11 is 0. The van der Waals surface area contributed by atoms with Crippen molar-refractivity contribution in [3.63, 3.8) is 0 Å². The van der Waals surface area contributed by atoms with Crippen molar-refractivity contribution in [1.29, 1.82) is 5.26 Å². The zero-order chi connectivity index (χ0) is 22.7. The first-order chi connectivity index (χ1) is 15.5. The van der Waals surface area contributed by atoms with Gasteiger partial charge < -0.3 is 14.4 Å². The van der Waals surface area contributed by atoms with Crippen LogP contribution in [-0.2, 0) is 13.0 Å². The molecule has 0 radical (unpaired) electrons. The number of nitriles is 1. The minimum absolute atomic E-state index is 0.0794. The number of rotatable bonds is 7. The number of benzene rings is 1. The van der Waals surface area contributed by atoms with E-state index in [9.17, 15) is 5.26 Å². The highest BCUT2D eigenvalue weighted by atomic mass is 16.5. The molecule has 0 fully saturated rings. The third-order valence-corrected chi connectivity index (χ3v) is 5.63. The third-order valence-electron chi connectivity index (χ3n) is 5.63. The maximum atomic E-state index is 9.45. The van der Waals surface area contributed by atoms with Crippen LogP contribution >= 0.6 is 0 Å². The molecule has 0 unspecified atom stereocenters. The lowest BCUT2D eigenvalue weighted by Gasteiger charge is -2.30. The van der Waals surface area contributed by atoms with Crippen molar-refractivity contribution < 1.29 is 14.4 Å². The van der Waals surface area contributed by atoms with Crippen LogP contribution in [0, 0.1) is 18.3 Å². The van der Waals surface area contributed by atoms with E-state index in [4.69, 9.17) is 14.4 Å². The van der Waals surface area contributed by atoms with E-state index in [-0.39, 0.29) is 12.7 Å². The standard InChI is InChI=1S/C24H27N5O3/c1-15(2)31-23-18(12-25)11-19(13-26-23)24-27-22(28-32-24)21-6-5-17-14-29(8-4-10-30)9-7-20(17)16(21)3/h5-6,11,13,15,30H,4,7-10,14H2,1-3H3. The Labute approximate surface area is 187 Å². The minimum atomic E-state index is -0.0794. The maximum absolute atomic E-state index is 9.45. The maximum Gasteiger partial charge on any atom is 0.259 e. The highest BCUT2D eigenvalue weighted by Gasteiger charge is 2.22.